The van der Waals surface area contributed by atoms with Crippen LogP contribution in [0.2, 0.25) is 0 Å². The van der Waals surface area contributed by atoms with Gasteiger partial charge in [0.2, 0.25) is 5.91 Å². The summed E-state index contributed by atoms with van der Waals surface area (Å²) >= 11 is 0.744. The third kappa shape index (κ3) is 6.29. The maximum absolute atomic E-state index is 11.8. The highest BCUT2D eigenvalue weighted by molar-refractivity contribution is 8.13. The molecule has 1 aromatic rings. The number of methoxy groups -OCH3 is 1. The number of carbonyl (C=O) groups excluding carboxylic acids is 3. The number of para-hydroxylation sites is 1. The third-order valence-electron chi connectivity index (χ3n) is 2.79. The lowest BCUT2D eigenvalue weighted by Crippen LogP contribution is -2.40. The predicted octanol–water partition coefficient (Wildman–Crippen LogP) is 1.68. The molecule has 0 heterocycles. The first kappa shape index (κ1) is 19.5. The van der Waals surface area contributed by atoms with E-state index < -0.39 is 29.2 Å². The molecule has 0 aliphatic carbocycles. The van der Waals surface area contributed by atoms with E-state index >= 15 is 0 Å². The van der Waals surface area contributed by atoms with Gasteiger partial charge < -0.3 is 19.9 Å². The number of thioether (sulfide) groups is 1. The molecule has 0 aromatic heterocycles. The normalized spacial score (nSPS) is 11.2. The van der Waals surface area contributed by atoms with E-state index in [1.165, 1.54) is 26.2 Å². The number of benzene rings is 1. The van der Waals surface area contributed by atoms with Crippen molar-refractivity contribution < 1.29 is 33.8 Å². The Balaban J connectivity index is 2.57. The van der Waals surface area contributed by atoms with Crippen molar-refractivity contribution in [2.45, 2.75) is 19.4 Å². The molecule has 0 radical (unpaired) electrons. The number of rotatable bonds is 7. The minimum Gasteiger partial charge on any atom is -0.480 e. The van der Waals surface area contributed by atoms with Gasteiger partial charge in [-0.2, -0.15) is 0 Å². The highest BCUT2D eigenvalue weighted by Gasteiger charge is 2.20. The second-order valence-electron chi connectivity index (χ2n) is 4.57. The fourth-order valence-corrected chi connectivity index (χ4v) is 2.39. The molecule has 2 N–H and O–H groups in total. The molecule has 1 aromatic carbocycles. The van der Waals surface area contributed by atoms with Gasteiger partial charge in [-0.3, -0.25) is 4.79 Å². The summed E-state index contributed by atoms with van der Waals surface area (Å²) in [4.78, 5) is 45.2. The first-order valence-electron chi connectivity index (χ1n) is 6.87. The van der Waals surface area contributed by atoms with Gasteiger partial charge in [-0.15, -0.1) is 0 Å². The fraction of sp³-hybridized carbons (Fsp3) is 0.333. The van der Waals surface area contributed by atoms with Gasteiger partial charge in [0.1, 0.15) is 17.4 Å². The number of carboxylic acids is 1. The average molecular weight is 355 g/mol. The molecule has 9 heteroatoms. The first-order valence-corrected chi connectivity index (χ1v) is 7.85. The van der Waals surface area contributed by atoms with Crippen molar-refractivity contribution in [2.24, 2.45) is 0 Å². The smallest absolute Gasteiger partial charge is 0.372 e. The Labute approximate surface area is 142 Å². The van der Waals surface area contributed by atoms with Crippen molar-refractivity contribution in [3.8, 4) is 5.75 Å². The van der Waals surface area contributed by atoms with Crippen molar-refractivity contribution in [3.05, 3.63) is 29.8 Å². The molecule has 0 aliphatic heterocycles. The van der Waals surface area contributed by atoms with Crippen molar-refractivity contribution in [1.29, 1.82) is 0 Å². The summed E-state index contributed by atoms with van der Waals surface area (Å²) in [6.45, 7) is 1.21. The SMILES string of the molecule is COC(=O)c1ccccc1OC(=O)SCC[C@@H](NC(C)=O)C(=O)O. The Hall–Kier alpha value is -2.55. The van der Waals surface area contributed by atoms with Crippen LogP contribution in [0, 0.1) is 0 Å². The number of amides is 1. The Morgan fingerprint density at radius 3 is 2.50 bits per heavy atom. The van der Waals surface area contributed by atoms with Crippen molar-refractivity contribution in [3.63, 3.8) is 0 Å². The molecule has 0 aliphatic rings. The largest absolute Gasteiger partial charge is 0.480 e. The van der Waals surface area contributed by atoms with Gasteiger partial charge in [0.15, 0.2) is 0 Å². The van der Waals surface area contributed by atoms with Gasteiger partial charge in [-0.05, 0) is 30.3 Å². The van der Waals surface area contributed by atoms with Crippen molar-refractivity contribution in [2.75, 3.05) is 12.9 Å². The summed E-state index contributed by atoms with van der Waals surface area (Å²) in [6, 6.07) is 5.02. The fourth-order valence-electron chi connectivity index (χ4n) is 1.72. The van der Waals surface area contributed by atoms with E-state index in [0.717, 1.165) is 11.8 Å². The second-order valence-corrected chi connectivity index (χ2v) is 5.60. The van der Waals surface area contributed by atoms with Gasteiger partial charge in [0, 0.05) is 12.7 Å². The second kappa shape index (κ2) is 9.56. The van der Waals surface area contributed by atoms with Crippen molar-refractivity contribution in [1.82, 2.24) is 5.32 Å². The Bertz CT molecular complexity index is 632. The van der Waals surface area contributed by atoms with Crippen LogP contribution in [0.25, 0.3) is 0 Å². The Kier molecular flexibility index (Phi) is 7.76. The molecule has 0 saturated carbocycles. The molecule has 8 nitrogen and oxygen atoms in total. The zero-order valence-electron chi connectivity index (χ0n) is 13.1. The highest BCUT2D eigenvalue weighted by Crippen LogP contribution is 2.21. The van der Waals surface area contributed by atoms with E-state index in [-0.39, 0.29) is 23.5 Å². The van der Waals surface area contributed by atoms with Crippen LogP contribution in [-0.2, 0) is 14.3 Å². The maximum atomic E-state index is 11.8. The van der Waals surface area contributed by atoms with Gasteiger partial charge >= 0.3 is 17.2 Å². The zero-order chi connectivity index (χ0) is 18.1. The molecular weight excluding hydrogens is 338 g/mol. The minimum atomic E-state index is -1.18. The van der Waals surface area contributed by atoms with Crippen LogP contribution in [0.15, 0.2) is 24.3 Å². The molecule has 0 unspecified atom stereocenters. The van der Waals surface area contributed by atoms with E-state index in [0.29, 0.717) is 0 Å². The maximum Gasteiger partial charge on any atom is 0.372 e. The van der Waals surface area contributed by atoms with E-state index in [2.05, 4.69) is 10.1 Å². The number of hydrogen-bond acceptors (Lipinski definition) is 7. The van der Waals surface area contributed by atoms with Gasteiger partial charge in [0.05, 0.1) is 7.11 Å². The molecule has 24 heavy (non-hydrogen) atoms. The lowest BCUT2D eigenvalue weighted by molar-refractivity contribution is -0.141. The van der Waals surface area contributed by atoms with E-state index in [9.17, 15) is 19.2 Å². The van der Waals surface area contributed by atoms with Crippen LogP contribution in [0.5, 0.6) is 5.75 Å². The molecule has 1 amide bonds. The quantitative estimate of drug-likeness (QED) is 0.709. The summed E-state index contributed by atoms with van der Waals surface area (Å²) in [5.74, 6) is -2.12. The van der Waals surface area contributed by atoms with Crippen molar-refractivity contribution >= 4 is 34.9 Å². The van der Waals surface area contributed by atoms with E-state index in [4.69, 9.17) is 9.84 Å². The summed E-state index contributed by atoms with van der Waals surface area (Å²) in [5, 5.41) is 10.5. The number of nitrogens with one attached hydrogen (secondary N) is 1. The number of carboxylic acid groups (broad SMARTS) is 1. The number of aliphatic carboxylic acids is 1. The molecule has 130 valence electrons. The summed E-state index contributed by atoms with van der Waals surface area (Å²) in [7, 11) is 1.21. The zero-order valence-corrected chi connectivity index (χ0v) is 13.9. The summed E-state index contributed by atoms with van der Waals surface area (Å²) in [5.41, 5.74) is 0.107. The molecule has 0 saturated heterocycles. The summed E-state index contributed by atoms with van der Waals surface area (Å²) < 4.78 is 9.67. The van der Waals surface area contributed by atoms with Crippen LogP contribution < -0.4 is 10.1 Å². The van der Waals surface area contributed by atoms with Crippen LogP contribution in [0.4, 0.5) is 4.79 Å². The molecule has 0 fully saturated rings. The average Bonchev–Trinajstić information content (AvgIpc) is 2.53. The summed E-state index contributed by atoms with van der Waals surface area (Å²) in [6.07, 6.45) is 0.0489. The minimum absolute atomic E-state index is 0.0489. The number of ether oxygens (including phenoxy) is 2. The first-order chi connectivity index (χ1) is 11.3. The lowest BCUT2D eigenvalue weighted by atomic mass is 10.2. The number of esters is 1. The standard InChI is InChI=1S/C15H17NO7S/c1-9(17)16-11(13(18)19)7-8-24-15(21)23-12-6-4-3-5-10(12)14(20)22-2/h3-6,11H,7-8H2,1-2H3,(H,16,17)(H,18,19)/t11-/m1/s1. The van der Waals surface area contributed by atoms with Crippen LogP contribution in [-0.4, -0.2) is 47.2 Å². The number of hydrogen-bond donors (Lipinski definition) is 2. The third-order valence-corrected chi connectivity index (χ3v) is 3.55. The van der Waals surface area contributed by atoms with Crippen LogP contribution >= 0.6 is 11.8 Å². The van der Waals surface area contributed by atoms with Gasteiger partial charge in [-0.25, -0.2) is 14.4 Å². The lowest BCUT2D eigenvalue weighted by Gasteiger charge is -2.12. The molecule has 0 spiro atoms. The molecule has 1 rings (SSSR count). The van der Waals surface area contributed by atoms with Crippen LogP contribution in [0.1, 0.15) is 23.7 Å². The molecule has 1 atom stereocenters. The highest BCUT2D eigenvalue weighted by atomic mass is 32.2. The van der Waals surface area contributed by atoms with Gasteiger partial charge in [0.25, 0.3) is 0 Å². The predicted molar refractivity (Wildman–Crippen MR) is 86.1 cm³/mol. The topological polar surface area (TPSA) is 119 Å². The van der Waals surface area contributed by atoms with Gasteiger partial charge in [-0.1, -0.05) is 12.1 Å². The monoisotopic (exact) mass is 355 g/mol. The molecular formula is C15H17NO7S. The van der Waals surface area contributed by atoms with E-state index in [1.54, 1.807) is 12.1 Å². The molecule has 0 bridgehead atoms. The van der Waals surface area contributed by atoms with E-state index in [1.807, 2.05) is 0 Å². The number of carbonyl (C=O) groups is 4. The Morgan fingerprint density at radius 2 is 1.92 bits per heavy atom. The van der Waals surface area contributed by atoms with Crippen LogP contribution in [0.3, 0.4) is 0 Å². The Morgan fingerprint density at radius 1 is 1.25 bits per heavy atom.